The highest BCUT2D eigenvalue weighted by Crippen LogP contribution is 2.60. The lowest BCUT2D eigenvalue weighted by molar-refractivity contribution is -0.205. The quantitative estimate of drug-likeness (QED) is 0.267. The molecule has 2 aromatic rings. The molecule has 16 heteroatoms. The number of aliphatic carboxylic acids is 1. The number of ether oxygens (including phenoxy) is 3. The molecular weight excluding hydrogens is 732 g/mol. The summed E-state index contributed by atoms with van der Waals surface area (Å²) in [4.78, 5) is 47.3. The van der Waals surface area contributed by atoms with Crippen LogP contribution in [-0.2, 0) is 28.6 Å². The van der Waals surface area contributed by atoms with Gasteiger partial charge in [-0.05, 0) is 64.4 Å². The zero-order chi connectivity index (χ0) is 38.0. The van der Waals surface area contributed by atoms with E-state index in [9.17, 15) is 37.1 Å². The number of alkyl halides is 3. The molecule has 7 fully saturated rings. The van der Waals surface area contributed by atoms with E-state index >= 15 is 0 Å². The maximum atomic E-state index is 14.9. The molecule has 2 amide bonds. The normalized spacial score (nSPS) is 31.0. The number of nitrogens with one attached hydrogen (secondary N) is 1. The minimum Gasteiger partial charge on any atom is -0.481 e. The monoisotopic (exact) mass is 780 g/mol. The number of nitrogens with zero attached hydrogens (tertiary/aromatic N) is 3. The van der Waals surface area contributed by atoms with Gasteiger partial charge in [0.15, 0.2) is 0 Å². The third kappa shape index (κ3) is 6.87. The molecule has 54 heavy (non-hydrogen) atoms. The van der Waals surface area contributed by atoms with Crippen molar-refractivity contribution in [1.82, 2.24) is 15.2 Å². The minimum absolute atomic E-state index is 0.000455. The van der Waals surface area contributed by atoms with Crippen molar-refractivity contribution < 1.29 is 51.3 Å². The van der Waals surface area contributed by atoms with Crippen LogP contribution in [0.5, 0.6) is 0 Å². The van der Waals surface area contributed by atoms with Crippen LogP contribution in [0.2, 0.25) is 0 Å². The number of thiazole rings is 1. The number of anilines is 1. The lowest BCUT2D eigenvalue weighted by Gasteiger charge is -2.51. The summed E-state index contributed by atoms with van der Waals surface area (Å²) >= 11 is 1.33. The Bertz CT molecular complexity index is 1740. The summed E-state index contributed by atoms with van der Waals surface area (Å²) in [7, 11) is 0. The van der Waals surface area contributed by atoms with Crippen LogP contribution in [0.25, 0.3) is 10.2 Å². The number of aromatic nitrogens is 1. The number of carboxylic acid groups (broad SMARTS) is 1. The van der Waals surface area contributed by atoms with Gasteiger partial charge in [0, 0.05) is 43.1 Å². The Morgan fingerprint density at radius 1 is 1.09 bits per heavy atom. The molecule has 2 bridgehead atoms. The van der Waals surface area contributed by atoms with Crippen LogP contribution in [0.4, 0.5) is 23.2 Å². The van der Waals surface area contributed by atoms with Crippen molar-refractivity contribution in [3.05, 3.63) is 23.5 Å². The van der Waals surface area contributed by atoms with E-state index in [0.29, 0.717) is 43.4 Å². The molecule has 4 saturated heterocycles. The van der Waals surface area contributed by atoms with E-state index in [1.165, 1.54) is 28.4 Å². The minimum atomic E-state index is -4.66. The SMILES string of the molecule is C[C@@H](OCC12CCC(CC1)OC2)[C@@H](COC1CCCCC1C(=O)O)NC(=O)[C@@H]1CN(c2cc(F)cc3ncsc23)CC12CN(C(=O)C1(C(F)(F)F)CC1)C2. The highest BCUT2D eigenvalue weighted by molar-refractivity contribution is 7.17. The topological polar surface area (TPSA) is 131 Å². The van der Waals surface area contributed by atoms with Crippen molar-refractivity contribution in [2.75, 3.05) is 50.9 Å². The molecule has 1 spiro atoms. The number of benzene rings is 1. The van der Waals surface area contributed by atoms with E-state index < -0.39 is 64.8 Å². The number of carboxylic acids is 1. The molecule has 4 aliphatic heterocycles. The molecule has 3 aliphatic carbocycles. The Morgan fingerprint density at radius 3 is 2.50 bits per heavy atom. The van der Waals surface area contributed by atoms with Crippen LogP contribution in [0.1, 0.15) is 71.1 Å². The predicted octanol–water partition coefficient (Wildman–Crippen LogP) is 5.55. The first-order valence-corrected chi connectivity index (χ1v) is 20.1. The second-order valence-electron chi connectivity index (χ2n) is 16.9. The maximum Gasteiger partial charge on any atom is 0.403 e. The molecule has 0 radical (unpaired) electrons. The standard InChI is InChI=1S/C38H48F4N4O7S/c1-22(52-19-35-8-6-24(7-9-35)53-20-35)28(15-51-30-5-3-2-4-25(30)33(48)49)44-32(47)26-14-45(29-13-23(39)12-27-31(29)54-21-43-27)16-36(26)17-46(18-36)34(50)37(10-11-37)38(40,41)42/h12-13,21-22,24-26,28,30H,2-11,14-20H2,1H3,(H,44,47)(H,48,49)/t22-,24?,25?,26+,28-,30?,35?/m1/s1. The van der Waals surface area contributed by atoms with Crippen molar-refractivity contribution in [3.8, 4) is 0 Å². The lowest BCUT2D eigenvalue weighted by atomic mass is 9.70. The van der Waals surface area contributed by atoms with Crippen molar-refractivity contribution in [2.45, 2.75) is 102 Å². The van der Waals surface area contributed by atoms with Crippen LogP contribution in [0.15, 0.2) is 17.6 Å². The van der Waals surface area contributed by atoms with E-state index in [1.54, 1.807) is 5.51 Å². The van der Waals surface area contributed by atoms with Crippen LogP contribution in [0.3, 0.4) is 0 Å². The molecule has 5 atom stereocenters. The van der Waals surface area contributed by atoms with Gasteiger partial charge < -0.3 is 34.4 Å². The van der Waals surface area contributed by atoms with Gasteiger partial charge in [0.2, 0.25) is 11.8 Å². The molecular formula is C38H48F4N4O7S. The van der Waals surface area contributed by atoms with E-state index in [1.807, 2.05) is 11.8 Å². The first-order chi connectivity index (χ1) is 25.7. The fourth-order valence-corrected chi connectivity index (χ4v) is 10.5. The Kier molecular flexibility index (Phi) is 9.90. The van der Waals surface area contributed by atoms with Gasteiger partial charge in [-0.1, -0.05) is 12.8 Å². The van der Waals surface area contributed by atoms with E-state index in [2.05, 4.69) is 10.3 Å². The lowest BCUT2D eigenvalue weighted by Crippen LogP contribution is -2.66. The Balaban J connectivity index is 1.04. The number of carbonyl (C=O) groups excluding carboxylic acids is 2. The van der Waals surface area contributed by atoms with E-state index in [4.69, 9.17) is 14.2 Å². The number of halogens is 4. The summed E-state index contributed by atoms with van der Waals surface area (Å²) in [5.74, 6) is -4.18. The number of rotatable bonds is 12. The number of hydrogen-bond donors (Lipinski definition) is 2. The van der Waals surface area contributed by atoms with Crippen LogP contribution < -0.4 is 10.2 Å². The van der Waals surface area contributed by atoms with Crippen molar-refractivity contribution >= 4 is 45.0 Å². The van der Waals surface area contributed by atoms with Gasteiger partial charge in [-0.15, -0.1) is 11.3 Å². The van der Waals surface area contributed by atoms with Gasteiger partial charge in [0.1, 0.15) is 11.2 Å². The summed E-state index contributed by atoms with van der Waals surface area (Å²) in [5, 5.41) is 13.0. The largest absolute Gasteiger partial charge is 0.481 e. The smallest absolute Gasteiger partial charge is 0.403 e. The molecule has 1 aromatic carbocycles. The fraction of sp³-hybridized carbons (Fsp3) is 0.737. The Labute approximate surface area is 315 Å². The number of hydrogen-bond acceptors (Lipinski definition) is 9. The highest BCUT2D eigenvalue weighted by Gasteiger charge is 2.71. The number of fused-ring (bicyclic) bond motifs is 4. The Hall–Kier alpha value is -3.08. The summed E-state index contributed by atoms with van der Waals surface area (Å²) in [6.45, 7) is 3.18. The molecule has 1 aromatic heterocycles. The zero-order valence-corrected chi connectivity index (χ0v) is 31.2. The fourth-order valence-electron chi connectivity index (χ4n) is 9.69. The maximum absolute atomic E-state index is 14.9. The molecule has 7 aliphatic rings. The van der Waals surface area contributed by atoms with Gasteiger partial charge in [-0.3, -0.25) is 14.4 Å². The first-order valence-electron chi connectivity index (χ1n) is 19.2. The molecule has 2 unspecified atom stereocenters. The summed E-state index contributed by atoms with van der Waals surface area (Å²) in [6.07, 6.45) is 0.702. The van der Waals surface area contributed by atoms with Crippen LogP contribution >= 0.6 is 11.3 Å². The van der Waals surface area contributed by atoms with Gasteiger partial charge in [-0.2, -0.15) is 13.2 Å². The molecule has 5 heterocycles. The Morgan fingerprint density at radius 2 is 1.83 bits per heavy atom. The highest BCUT2D eigenvalue weighted by atomic mass is 32.1. The van der Waals surface area contributed by atoms with Crippen LogP contribution in [0, 0.1) is 33.9 Å². The second kappa shape index (κ2) is 14.1. The van der Waals surface area contributed by atoms with Crippen molar-refractivity contribution in [2.24, 2.45) is 28.1 Å². The third-order valence-electron chi connectivity index (χ3n) is 13.4. The summed E-state index contributed by atoms with van der Waals surface area (Å²) < 4.78 is 76.3. The predicted molar refractivity (Wildman–Crippen MR) is 189 cm³/mol. The van der Waals surface area contributed by atoms with Gasteiger partial charge in [0.05, 0.1) is 77.4 Å². The average molecular weight is 781 g/mol. The van der Waals surface area contributed by atoms with E-state index in [-0.39, 0.29) is 56.9 Å². The van der Waals surface area contributed by atoms with Crippen LogP contribution in [-0.4, -0.2) is 109 Å². The molecule has 11 nitrogen and oxygen atoms in total. The number of likely N-dealkylation sites (tertiary alicyclic amines) is 1. The van der Waals surface area contributed by atoms with E-state index in [0.717, 1.165) is 43.2 Å². The molecule has 3 saturated carbocycles. The molecule has 296 valence electrons. The second-order valence-corrected chi connectivity index (χ2v) is 17.8. The average Bonchev–Trinajstić information content (AvgIpc) is 3.68. The van der Waals surface area contributed by atoms with Gasteiger partial charge in [0.25, 0.3) is 0 Å². The van der Waals surface area contributed by atoms with Gasteiger partial charge >= 0.3 is 12.1 Å². The summed E-state index contributed by atoms with van der Waals surface area (Å²) in [5.41, 5.74) is -0.766. The zero-order valence-electron chi connectivity index (χ0n) is 30.4. The van der Waals surface area contributed by atoms with Gasteiger partial charge in [-0.25, -0.2) is 9.37 Å². The first kappa shape index (κ1) is 37.8. The molecule has 2 N–H and O–H groups in total. The van der Waals surface area contributed by atoms with Crippen molar-refractivity contribution in [1.29, 1.82) is 0 Å². The number of amides is 2. The molecule has 9 rings (SSSR count). The summed E-state index contributed by atoms with van der Waals surface area (Å²) in [6, 6.07) is 2.03. The number of carbonyl (C=O) groups is 3. The third-order valence-corrected chi connectivity index (χ3v) is 14.2. The van der Waals surface area contributed by atoms with Crippen molar-refractivity contribution in [3.63, 3.8) is 0 Å².